The average molecular weight is 474 g/mol. The summed E-state index contributed by atoms with van der Waals surface area (Å²) in [5, 5.41) is 17.4. The molecule has 3 aromatic rings. The van der Waals surface area contributed by atoms with Crippen molar-refractivity contribution < 1.29 is 27.4 Å². The molecule has 0 aliphatic heterocycles. The van der Waals surface area contributed by atoms with E-state index >= 15 is 0 Å². The van der Waals surface area contributed by atoms with Crippen LogP contribution < -0.4 is 14.8 Å². The minimum absolute atomic E-state index is 0.0887. The summed E-state index contributed by atoms with van der Waals surface area (Å²) in [7, 11) is -2.80. The molecule has 174 valence electrons. The Hall–Kier alpha value is -3.93. The fourth-order valence-electron chi connectivity index (χ4n) is 2.75. The largest absolute Gasteiger partial charge is 0.495 e. The predicted octanol–water partition coefficient (Wildman–Crippen LogP) is 3.94. The van der Waals surface area contributed by atoms with Crippen LogP contribution in [0.2, 0.25) is 0 Å². The van der Waals surface area contributed by atoms with Crippen molar-refractivity contribution in [1.82, 2.24) is 5.16 Å². The second-order valence-corrected chi connectivity index (χ2v) is 9.73. The zero-order chi connectivity index (χ0) is 24.4. The van der Waals surface area contributed by atoms with E-state index in [1.165, 1.54) is 43.5 Å². The molecule has 0 saturated heterocycles. The molecule has 0 saturated carbocycles. The summed E-state index contributed by atoms with van der Waals surface area (Å²) >= 11 is 0. The van der Waals surface area contributed by atoms with E-state index < -0.39 is 20.9 Å². The first-order valence-corrected chi connectivity index (χ1v) is 11.1. The fraction of sp³-hybridized carbons (Fsp3) is 0.238. The maximum atomic E-state index is 12.8. The molecule has 0 aliphatic rings. The molecule has 12 heteroatoms. The maximum Gasteiger partial charge on any atom is 0.271 e. The smallest absolute Gasteiger partial charge is 0.271 e. The molecule has 33 heavy (non-hydrogen) atoms. The summed E-state index contributed by atoms with van der Waals surface area (Å²) in [6.45, 7) is 5.82. The van der Waals surface area contributed by atoms with Crippen LogP contribution in [-0.2, 0) is 15.4 Å². The van der Waals surface area contributed by atoms with Gasteiger partial charge in [0.1, 0.15) is 11.5 Å². The third kappa shape index (κ3) is 5.47. The Morgan fingerprint density at radius 1 is 1.12 bits per heavy atom. The molecule has 0 unspecified atom stereocenters. The van der Waals surface area contributed by atoms with Crippen molar-refractivity contribution in [2.45, 2.75) is 31.1 Å². The highest BCUT2D eigenvalue weighted by molar-refractivity contribution is 7.92. The molecule has 2 N–H and O–H groups in total. The molecule has 0 bridgehead atoms. The van der Waals surface area contributed by atoms with Gasteiger partial charge in [-0.2, -0.15) is 0 Å². The third-order valence-electron chi connectivity index (χ3n) is 4.56. The number of carbonyl (C=O) groups is 1. The number of nitrogens with zero attached hydrogens (tertiary/aromatic N) is 2. The van der Waals surface area contributed by atoms with Gasteiger partial charge in [-0.3, -0.25) is 19.6 Å². The lowest BCUT2D eigenvalue weighted by atomic mass is 9.93. The van der Waals surface area contributed by atoms with Crippen LogP contribution in [-0.4, -0.2) is 31.5 Å². The van der Waals surface area contributed by atoms with Crippen molar-refractivity contribution in [2.75, 3.05) is 17.1 Å². The molecule has 0 atom stereocenters. The Labute approximate surface area is 189 Å². The molecule has 1 amide bonds. The van der Waals surface area contributed by atoms with Gasteiger partial charge in [-0.25, -0.2) is 8.42 Å². The first kappa shape index (κ1) is 23.7. The molecule has 0 fully saturated rings. The van der Waals surface area contributed by atoms with Crippen LogP contribution in [0.4, 0.5) is 17.2 Å². The lowest BCUT2D eigenvalue weighted by molar-refractivity contribution is -0.384. The van der Waals surface area contributed by atoms with Crippen molar-refractivity contribution in [3.8, 4) is 5.75 Å². The van der Waals surface area contributed by atoms with Gasteiger partial charge < -0.3 is 14.6 Å². The molecule has 0 radical (unpaired) electrons. The first-order chi connectivity index (χ1) is 15.4. The average Bonchev–Trinajstić information content (AvgIpc) is 3.22. The minimum Gasteiger partial charge on any atom is -0.495 e. The van der Waals surface area contributed by atoms with Crippen molar-refractivity contribution in [2.24, 2.45) is 0 Å². The minimum atomic E-state index is -4.11. The Morgan fingerprint density at radius 2 is 1.79 bits per heavy atom. The molecule has 3 rings (SSSR count). The standard InChI is InChI=1S/C21H22N4O7S/c1-21(2,3)18-12-19(23-32-18)22-20(26)13-5-8-15(9-6-13)33(29,30)24-16-11-14(25(27)28)7-10-17(16)31-4/h5-12,24H,1-4H3,(H,22,23,26). The molecule has 1 heterocycles. The molecular formula is C21H22N4O7S. The number of sulfonamides is 1. The zero-order valence-electron chi connectivity index (χ0n) is 18.3. The summed E-state index contributed by atoms with van der Waals surface area (Å²) in [5.74, 6) is 0.450. The third-order valence-corrected chi connectivity index (χ3v) is 5.94. The number of anilines is 2. The van der Waals surface area contributed by atoms with Gasteiger partial charge in [-0.15, -0.1) is 0 Å². The van der Waals surface area contributed by atoms with E-state index in [4.69, 9.17) is 9.26 Å². The molecular weight excluding hydrogens is 452 g/mol. The van der Waals surface area contributed by atoms with E-state index in [0.29, 0.717) is 5.76 Å². The summed E-state index contributed by atoms with van der Waals surface area (Å²) in [5.41, 5.74) is -0.472. The van der Waals surface area contributed by atoms with Gasteiger partial charge in [0.25, 0.3) is 21.6 Å². The maximum absolute atomic E-state index is 12.8. The summed E-state index contributed by atoms with van der Waals surface area (Å²) in [6, 6.07) is 10.3. The summed E-state index contributed by atoms with van der Waals surface area (Å²) in [6.07, 6.45) is 0. The van der Waals surface area contributed by atoms with Crippen molar-refractivity contribution in [3.05, 3.63) is 70.0 Å². The number of nitro benzene ring substituents is 1. The quantitative estimate of drug-likeness (QED) is 0.385. The number of nitrogens with one attached hydrogen (secondary N) is 2. The Kier molecular flexibility index (Phi) is 6.40. The van der Waals surface area contributed by atoms with Crippen molar-refractivity contribution >= 4 is 33.1 Å². The van der Waals surface area contributed by atoms with Crippen LogP contribution in [0.5, 0.6) is 5.75 Å². The molecule has 2 aromatic carbocycles. The highest BCUT2D eigenvalue weighted by atomic mass is 32.2. The van der Waals surface area contributed by atoms with Gasteiger partial charge in [0.15, 0.2) is 5.82 Å². The topological polar surface area (TPSA) is 154 Å². The predicted molar refractivity (Wildman–Crippen MR) is 120 cm³/mol. The van der Waals surface area contributed by atoms with Crippen LogP contribution in [0.15, 0.2) is 57.9 Å². The van der Waals surface area contributed by atoms with Crippen LogP contribution in [0.1, 0.15) is 36.9 Å². The van der Waals surface area contributed by atoms with E-state index in [1.807, 2.05) is 20.8 Å². The van der Waals surface area contributed by atoms with Crippen LogP contribution in [0.25, 0.3) is 0 Å². The number of hydrogen-bond acceptors (Lipinski definition) is 8. The lowest BCUT2D eigenvalue weighted by Crippen LogP contribution is -2.15. The van der Waals surface area contributed by atoms with Gasteiger partial charge >= 0.3 is 0 Å². The van der Waals surface area contributed by atoms with Crippen molar-refractivity contribution in [1.29, 1.82) is 0 Å². The van der Waals surface area contributed by atoms with Gasteiger partial charge in [0.05, 0.1) is 22.6 Å². The monoisotopic (exact) mass is 474 g/mol. The summed E-state index contributed by atoms with van der Waals surface area (Å²) < 4.78 is 38.1. The van der Waals surface area contributed by atoms with Crippen LogP contribution >= 0.6 is 0 Å². The molecule has 11 nitrogen and oxygen atoms in total. The van der Waals surface area contributed by atoms with E-state index in [9.17, 15) is 23.3 Å². The van der Waals surface area contributed by atoms with Gasteiger partial charge in [0, 0.05) is 29.2 Å². The fourth-order valence-corrected chi connectivity index (χ4v) is 3.82. The van der Waals surface area contributed by atoms with Crippen LogP contribution in [0.3, 0.4) is 0 Å². The normalized spacial score (nSPS) is 11.6. The number of aromatic nitrogens is 1. The van der Waals surface area contributed by atoms with E-state index in [0.717, 1.165) is 6.07 Å². The molecule has 1 aromatic heterocycles. The van der Waals surface area contributed by atoms with Gasteiger partial charge in [-0.1, -0.05) is 25.9 Å². The number of amides is 1. The second kappa shape index (κ2) is 8.90. The number of nitro groups is 1. The summed E-state index contributed by atoms with van der Waals surface area (Å²) in [4.78, 5) is 22.7. The second-order valence-electron chi connectivity index (χ2n) is 8.05. The zero-order valence-corrected chi connectivity index (χ0v) is 19.1. The van der Waals surface area contributed by atoms with Gasteiger partial charge in [0.2, 0.25) is 0 Å². The lowest BCUT2D eigenvalue weighted by Gasteiger charge is -2.12. The molecule has 0 aliphatic carbocycles. The van der Waals surface area contributed by atoms with Crippen LogP contribution in [0, 0.1) is 10.1 Å². The van der Waals surface area contributed by atoms with E-state index in [2.05, 4.69) is 15.2 Å². The Balaban J connectivity index is 1.77. The number of non-ortho nitro benzene ring substituents is 1. The Morgan fingerprint density at radius 3 is 2.33 bits per heavy atom. The number of hydrogen-bond donors (Lipinski definition) is 2. The SMILES string of the molecule is COc1ccc([N+](=O)[O-])cc1NS(=O)(=O)c1ccc(C(=O)Nc2cc(C(C)(C)C)on2)cc1. The number of benzene rings is 2. The van der Waals surface area contributed by atoms with Crippen molar-refractivity contribution in [3.63, 3.8) is 0 Å². The number of rotatable bonds is 7. The first-order valence-electron chi connectivity index (χ1n) is 9.64. The highest BCUT2D eigenvalue weighted by Gasteiger charge is 2.22. The number of ether oxygens (including phenoxy) is 1. The molecule has 0 spiro atoms. The highest BCUT2D eigenvalue weighted by Crippen LogP contribution is 2.31. The van der Waals surface area contributed by atoms with E-state index in [-0.39, 0.29) is 38.8 Å². The van der Waals surface area contributed by atoms with Gasteiger partial charge in [-0.05, 0) is 30.3 Å². The number of methoxy groups -OCH3 is 1. The number of carbonyl (C=O) groups excluding carboxylic acids is 1. The Bertz CT molecular complexity index is 1290. The van der Waals surface area contributed by atoms with E-state index in [1.54, 1.807) is 6.07 Å².